The Morgan fingerprint density at radius 3 is 2.89 bits per heavy atom. The molecule has 5 rings (SSSR count). The van der Waals surface area contributed by atoms with Crippen LogP contribution in [0.2, 0.25) is 0 Å². The summed E-state index contributed by atoms with van der Waals surface area (Å²) in [5, 5.41) is 1.97. The van der Waals surface area contributed by atoms with Gasteiger partial charge >= 0.3 is 5.97 Å². The highest BCUT2D eigenvalue weighted by Gasteiger charge is 2.55. The van der Waals surface area contributed by atoms with Gasteiger partial charge in [0.15, 0.2) is 4.80 Å². The van der Waals surface area contributed by atoms with E-state index in [0.29, 0.717) is 15.1 Å². The number of para-hydroxylation sites is 1. The summed E-state index contributed by atoms with van der Waals surface area (Å²) in [5.41, 5.74) is -0.507. The average molecular weight is 412 g/mol. The van der Waals surface area contributed by atoms with Gasteiger partial charge in [0.2, 0.25) is 5.72 Å². The summed E-state index contributed by atoms with van der Waals surface area (Å²) >= 11 is 2.88. The average Bonchev–Trinajstić information content (AvgIpc) is 3.28. The molecule has 3 atom stereocenters. The summed E-state index contributed by atoms with van der Waals surface area (Å²) in [6.45, 7) is 1.77. The molecule has 8 heteroatoms. The minimum absolute atomic E-state index is 0.158. The van der Waals surface area contributed by atoms with Crippen molar-refractivity contribution < 1.29 is 14.3 Å². The Morgan fingerprint density at radius 2 is 2.14 bits per heavy atom. The Bertz CT molecular complexity index is 1260. The highest BCUT2D eigenvalue weighted by Crippen LogP contribution is 2.47. The van der Waals surface area contributed by atoms with Gasteiger partial charge in [-0.1, -0.05) is 35.6 Å². The van der Waals surface area contributed by atoms with E-state index in [4.69, 9.17) is 14.5 Å². The topological polar surface area (TPSA) is 69.9 Å². The molecule has 0 radical (unpaired) electrons. The number of ether oxygens (including phenoxy) is 2. The van der Waals surface area contributed by atoms with Crippen molar-refractivity contribution in [3.05, 3.63) is 71.9 Å². The van der Waals surface area contributed by atoms with Crippen LogP contribution in [0.25, 0.3) is 6.08 Å². The molecule has 0 amide bonds. The lowest BCUT2D eigenvalue weighted by Crippen LogP contribution is -2.58. The number of methoxy groups -OCH3 is 1. The van der Waals surface area contributed by atoms with Crippen LogP contribution in [0.15, 0.2) is 51.6 Å². The molecule has 142 valence electrons. The molecule has 28 heavy (non-hydrogen) atoms. The molecule has 0 spiro atoms. The molecule has 0 saturated carbocycles. The maximum atomic E-state index is 13.3. The predicted octanol–water partition coefficient (Wildman–Crippen LogP) is 1.92. The van der Waals surface area contributed by atoms with Crippen LogP contribution >= 0.6 is 22.7 Å². The maximum Gasteiger partial charge on any atom is 0.317 e. The Balaban J connectivity index is 1.83. The van der Waals surface area contributed by atoms with E-state index >= 15 is 0 Å². The number of hydrogen-bond donors (Lipinski definition) is 0. The highest BCUT2D eigenvalue weighted by molar-refractivity contribution is 7.11. The molecule has 0 saturated heterocycles. The monoisotopic (exact) mass is 412 g/mol. The van der Waals surface area contributed by atoms with E-state index in [1.54, 1.807) is 22.8 Å². The van der Waals surface area contributed by atoms with Crippen molar-refractivity contribution in [2.24, 2.45) is 10.9 Å². The molecular formula is C20H16N2O4S2. The van der Waals surface area contributed by atoms with Gasteiger partial charge in [0, 0.05) is 10.4 Å². The summed E-state index contributed by atoms with van der Waals surface area (Å²) in [5.74, 6) is -0.563. The first-order valence-corrected chi connectivity index (χ1v) is 10.4. The van der Waals surface area contributed by atoms with Crippen LogP contribution in [0.5, 0.6) is 5.75 Å². The van der Waals surface area contributed by atoms with Crippen molar-refractivity contribution in [2.45, 2.75) is 18.7 Å². The summed E-state index contributed by atoms with van der Waals surface area (Å²) < 4.78 is 13.4. The first kappa shape index (κ1) is 17.4. The van der Waals surface area contributed by atoms with Crippen molar-refractivity contribution in [1.82, 2.24) is 4.57 Å². The third-order valence-electron chi connectivity index (χ3n) is 5.15. The molecule has 0 unspecified atom stereocenters. The molecule has 2 aliphatic heterocycles. The van der Waals surface area contributed by atoms with Crippen molar-refractivity contribution in [2.75, 3.05) is 7.11 Å². The SMILES string of the molecule is COC(=O)[C@@H]1[C@@H]2c3ccccc3O[C@]1(C)N=c1s/c(=C/c3cccs3)c(=O)n12. The summed E-state index contributed by atoms with van der Waals surface area (Å²) in [6.07, 6.45) is 1.87. The maximum absolute atomic E-state index is 13.3. The molecule has 0 aliphatic carbocycles. The zero-order valence-corrected chi connectivity index (χ0v) is 16.8. The Hall–Kier alpha value is -2.71. The predicted molar refractivity (Wildman–Crippen MR) is 106 cm³/mol. The van der Waals surface area contributed by atoms with Gasteiger partial charge in [-0.15, -0.1) is 11.3 Å². The van der Waals surface area contributed by atoms with Crippen LogP contribution < -0.4 is 19.6 Å². The van der Waals surface area contributed by atoms with Crippen LogP contribution in [0.1, 0.15) is 23.4 Å². The van der Waals surface area contributed by atoms with Crippen LogP contribution in [-0.2, 0) is 9.53 Å². The third-order valence-corrected chi connectivity index (χ3v) is 6.95. The zero-order chi connectivity index (χ0) is 19.5. The van der Waals surface area contributed by atoms with Gasteiger partial charge < -0.3 is 9.47 Å². The van der Waals surface area contributed by atoms with Gasteiger partial charge in [0.05, 0.1) is 17.7 Å². The number of thiophene rings is 1. The summed E-state index contributed by atoms with van der Waals surface area (Å²) in [7, 11) is 1.34. The fourth-order valence-corrected chi connectivity index (χ4v) is 5.76. The Labute approximate surface area is 168 Å². The van der Waals surface area contributed by atoms with Gasteiger partial charge in [-0.05, 0) is 30.5 Å². The molecule has 6 nitrogen and oxygen atoms in total. The second-order valence-electron chi connectivity index (χ2n) is 6.84. The first-order chi connectivity index (χ1) is 13.5. The number of benzene rings is 1. The first-order valence-electron chi connectivity index (χ1n) is 8.74. The number of fused-ring (bicyclic) bond motifs is 6. The molecule has 3 aromatic rings. The fraction of sp³-hybridized carbons (Fsp3) is 0.250. The van der Waals surface area contributed by atoms with E-state index in [0.717, 1.165) is 10.4 Å². The third kappa shape index (κ3) is 2.41. The van der Waals surface area contributed by atoms with E-state index in [2.05, 4.69) is 0 Å². The van der Waals surface area contributed by atoms with Crippen LogP contribution in [-0.4, -0.2) is 23.4 Å². The highest BCUT2D eigenvalue weighted by atomic mass is 32.1. The van der Waals surface area contributed by atoms with Gasteiger partial charge in [-0.2, -0.15) is 0 Å². The smallest absolute Gasteiger partial charge is 0.317 e. The Morgan fingerprint density at radius 1 is 1.32 bits per heavy atom. The zero-order valence-electron chi connectivity index (χ0n) is 15.1. The lowest BCUT2D eigenvalue weighted by Gasteiger charge is -2.44. The van der Waals surface area contributed by atoms with E-state index in [1.165, 1.54) is 18.4 Å². The number of rotatable bonds is 2. The minimum atomic E-state index is -1.14. The molecule has 2 aliphatic rings. The second-order valence-corrected chi connectivity index (χ2v) is 8.82. The van der Waals surface area contributed by atoms with E-state index < -0.39 is 23.7 Å². The number of carbonyl (C=O) groups is 1. The molecule has 0 fully saturated rings. The lowest BCUT2D eigenvalue weighted by atomic mass is 9.81. The number of nitrogens with zero attached hydrogens (tertiary/aromatic N) is 2. The Kier molecular flexibility index (Phi) is 3.82. The summed E-state index contributed by atoms with van der Waals surface area (Å²) in [4.78, 5) is 32.2. The van der Waals surface area contributed by atoms with Crippen LogP contribution in [0.4, 0.5) is 0 Å². The molecule has 2 bridgehead atoms. The molecule has 4 heterocycles. The van der Waals surface area contributed by atoms with Crippen molar-refractivity contribution in [3.63, 3.8) is 0 Å². The fourth-order valence-electron chi connectivity index (χ4n) is 3.93. The van der Waals surface area contributed by atoms with E-state index in [1.807, 2.05) is 47.9 Å². The number of aromatic nitrogens is 1. The summed E-state index contributed by atoms with van der Waals surface area (Å²) in [6, 6.07) is 10.8. The van der Waals surface area contributed by atoms with Crippen molar-refractivity contribution in [3.8, 4) is 5.75 Å². The molecule has 2 aromatic heterocycles. The number of esters is 1. The van der Waals surface area contributed by atoms with E-state index in [-0.39, 0.29) is 5.56 Å². The largest absolute Gasteiger partial charge is 0.469 e. The van der Waals surface area contributed by atoms with Crippen LogP contribution in [0, 0.1) is 5.92 Å². The normalized spacial score (nSPS) is 25.3. The van der Waals surface area contributed by atoms with Crippen molar-refractivity contribution >= 4 is 34.7 Å². The standard InChI is InChI=1S/C20H16N2O4S2/c1-20-15(18(24)25-2)16(12-7-3-4-8-13(12)26-20)22-17(23)14(28-19(22)21-20)10-11-6-5-9-27-11/h3-10,15-16H,1-2H3/b14-10+/t15-,16-,20-/m0/s1. The molecule has 1 aromatic carbocycles. The number of carbonyl (C=O) groups excluding carboxylic acids is 1. The molecular weight excluding hydrogens is 396 g/mol. The van der Waals surface area contributed by atoms with Crippen molar-refractivity contribution in [1.29, 1.82) is 0 Å². The molecule has 0 N–H and O–H groups in total. The number of hydrogen-bond acceptors (Lipinski definition) is 7. The van der Waals surface area contributed by atoms with Gasteiger partial charge in [-0.25, -0.2) is 4.99 Å². The van der Waals surface area contributed by atoms with Gasteiger partial charge in [0.1, 0.15) is 11.7 Å². The van der Waals surface area contributed by atoms with Gasteiger partial charge in [-0.3, -0.25) is 14.2 Å². The van der Waals surface area contributed by atoms with Gasteiger partial charge in [0.25, 0.3) is 5.56 Å². The minimum Gasteiger partial charge on any atom is -0.469 e. The second kappa shape index (κ2) is 6.15. The number of thiazole rings is 1. The van der Waals surface area contributed by atoms with Crippen LogP contribution in [0.3, 0.4) is 0 Å². The quantitative estimate of drug-likeness (QED) is 0.603. The van der Waals surface area contributed by atoms with E-state index in [9.17, 15) is 9.59 Å². The lowest BCUT2D eigenvalue weighted by molar-refractivity contribution is -0.158.